The van der Waals surface area contributed by atoms with Gasteiger partial charge in [-0.1, -0.05) is 54.1 Å². The Kier molecular flexibility index (Phi) is 4.28. The summed E-state index contributed by atoms with van der Waals surface area (Å²) < 4.78 is 0.922. The Bertz CT molecular complexity index is 517. The minimum Gasteiger partial charge on any atom is -0.319 e. The molecular formula is C17H21ClN+. The molecular weight excluding hydrogens is 254 g/mol. The molecule has 0 N–H and O–H groups in total. The number of nitrogens with zero attached hydrogens (tertiary/aromatic N) is 1. The van der Waals surface area contributed by atoms with Crippen LogP contribution in [0.4, 0.5) is 0 Å². The summed E-state index contributed by atoms with van der Waals surface area (Å²) in [6.45, 7) is 3.29. The van der Waals surface area contributed by atoms with Crippen LogP contribution in [0, 0.1) is 0 Å². The molecule has 0 amide bonds. The molecule has 0 aliphatic rings. The maximum atomic E-state index is 5.96. The van der Waals surface area contributed by atoms with Crippen LogP contribution in [0.25, 0.3) is 0 Å². The normalized spacial score (nSPS) is 13.3. The number of benzene rings is 2. The van der Waals surface area contributed by atoms with Gasteiger partial charge >= 0.3 is 0 Å². The molecule has 100 valence electrons. The summed E-state index contributed by atoms with van der Waals surface area (Å²) >= 11 is 5.96. The molecule has 2 heteroatoms. The van der Waals surface area contributed by atoms with Gasteiger partial charge in [-0.15, -0.1) is 0 Å². The van der Waals surface area contributed by atoms with Crippen molar-refractivity contribution >= 4 is 11.6 Å². The van der Waals surface area contributed by atoms with Crippen molar-refractivity contribution in [1.82, 2.24) is 0 Å². The summed E-state index contributed by atoms with van der Waals surface area (Å²) in [6.07, 6.45) is 0. The SMILES string of the molecule is CC(c1ccc(Cl)cc1)[N+](C)(C)Cc1ccccc1. The molecule has 1 atom stereocenters. The third kappa shape index (κ3) is 3.59. The Morgan fingerprint density at radius 2 is 1.53 bits per heavy atom. The monoisotopic (exact) mass is 274 g/mol. The van der Waals surface area contributed by atoms with E-state index in [0.717, 1.165) is 16.1 Å². The highest BCUT2D eigenvalue weighted by molar-refractivity contribution is 6.30. The molecule has 2 aromatic rings. The Hall–Kier alpha value is -1.31. The van der Waals surface area contributed by atoms with Gasteiger partial charge in [-0.3, -0.25) is 0 Å². The van der Waals surface area contributed by atoms with E-state index in [4.69, 9.17) is 11.6 Å². The van der Waals surface area contributed by atoms with Gasteiger partial charge in [0.05, 0.1) is 14.1 Å². The van der Waals surface area contributed by atoms with E-state index in [9.17, 15) is 0 Å². The Morgan fingerprint density at radius 1 is 0.947 bits per heavy atom. The fraction of sp³-hybridized carbons (Fsp3) is 0.294. The van der Waals surface area contributed by atoms with Crippen molar-refractivity contribution in [3.63, 3.8) is 0 Å². The van der Waals surface area contributed by atoms with Crippen LogP contribution in [0.2, 0.25) is 5.02 Å². The van der Waals surface area contributed by atoms with Crippen LogP contribution in [0.5, 0.6) is 0 Å². The lowest BCUT2D eigenvalue weighted by Crippen LogP contribution is -2.41. The zero-order valence-corrected chi connectivity index (χ0v) is 12.6. The van der Waals surface area contributed by atoms with E-state index in [-0.39, 0.29) is 0 Å². The minimum atomic E-state index is 0.428. The maximum absolute atomic E-state index is 5.96. The van der Waals surface area contributed by atoms with E-state index in [1.54, 1.807) is 0 Å². The zero-order chi connectivity index (χ0) is 13.9. The van der Waals surface area contributed by atoms with Crippen LogP contribution in [-0.4, -0.2) is 18.6 Å². The second-order valence-electron chi connectivity index (χ2n) is 5.65. The smallest absolute Gasteiger partial charge is 0.112 e. The first-order chi connectivity index (χ1) is 8.99. The van der Waals surface area contributed by atoms with Gasteiger partial charge in [-0.05, 0) is 19.1 Å². The summed E-state index contributed by atoms with van der Waals surface area (Å²) in [5, 5.41) is 0.796. The average Bonchev–Trinajstić information content (AvgIpc) is 2.39. The first-order valence-corrected chi connectivity index (χ1v) is 6.99. The van der Waals surface area contributed by atoms with Crippen LogP contribution in [-0.2, 0) is 6.54 Å². The number of hydrogen-bond acceptors (Lipinski definition) is 0. The van der Waals surface area contributed by atoms with Crippen molar-refractivity contribution < 1.29 is 4.48 Å². The highest BCUT2D eigenvalue weighted by Gasteiger charge is 2.25. The van der Waals surface area contributed by atoms with Gasteiger partial charge < -0.3 is 4.48 Å². The molecule has 1 nitrogen and oxygen atoms in total. The van der Waals surface area contributed by atoms with Crippen molar-refractivity contribution in [2.45, 2.75) is 19.5 Å². The Balaban J connectivity index is 2.16. The van der Waals surface area contributed by atoms with E-state index < -0.39 is 0 Å². The Labute approximate surface area is 121 Å². The number of rotatable bonds is 4. The molecule has 0 radical (unpaired) electrons. The summed E-state index contributed by atoms with van der Waals surface area (Å²) in [5.41, 5.74) is 2.69. The van der Waals surface area contributed by atoms with Crippen LogP contribution < -0.4 is 0 Å². The van der Waals surface area contributed by atoms with Gasteiger partial charge in [-0.25, -0.2) is 0 Å². The number of hydrogen-bond donors (Lipinski definition) is 0. The van der Waals surface area contributed by atoms with Crippen LogP contribution in [0.1, 0.15) is 24.1 Å². The Morgan fingerprint density at radius 3 is 2.11 bits per heavy atom. The molecule has 0 spiro atoms. The lowest BCUT2D eigenvalue weighted by atomic mass is 10.0. The van der Waals surface area contributed by atoms with E-state index in [1.807, 2.05) is 12.1 Å². The third-order valence-corrected chi connectivity index (χ3v) is 4.09. The summed E-state index contributed by atoms with van der Waals surface area (Å²) in [6, 6.07) is 19.2. The van der Waals surface area contributed by atoms with Gasteiger partial charge in [0.1, 0.15) is 12.6 Å². The number of halogens is 1. The summed E-state index contributed by atoms with van der Waals surface area (Å²) in [5.74, 6) is 0. The maximum Gasteiger partial charge on any atom is 0.112 e. The minimum absolute atomic E-state index is 0.428. The number of quaternary nitrogens is 1. The second kappa shape index (κ2) is 5.77. The van der Waals surface area contributed by atoms with E-state index in [1.165, 1.54) is 11.1 Å². The van der Waals surface area contributed by atoms with Crippen LogP contribution in [0.15, 0.2) is 54.6 Å². The van der Waals surface area contributed by atoms with Gasteiger partial charge in [0.2, 0.25) is 0 Å². The van der Waals surface area contributed by atoms with Crippen molar-refractivity contribution in [2.75, 3.05) is 14.1 Å². The topological polar surface area (TPSA) is 0 Å². The molecule has 0 aliphatic carbocycles. The highest BCUT2D eigenvalue weighted by atomic mass is 35.5. The molecule has 0 saturated heterocycles. The molecule has 0 bridgehead atoms. The molecule has 0 fully saturated rings. The lowest BCUT2D eigenvalue weighted by molar-refractivity contribution is -0.932. The molecule has 19 heavy (non-hydrogen) atoms. The van der Waals surface area contributed by atoms with Gasteiger partial charge in [-0.2, -0.15) is 0 Å². The van der Waals surface area contributed by atoms with Crippen LogP contribution in [0.3, 0.4) is 0 Å². The summed E-state index contributed by atoms with van der Waals surface area (Å²) in [7, 11) is 4.54. The zero-order valence-electron chi connectivity index (χ0n) is 11.8. The van der Waals surface area contributed by atoms with Crippen LogP contribution >= 0.6 is 11.6 Å². The van der Waals surface area contributed by atoms with Crippen molar-refractivity contribution in [2.24, 2.45) is 0 Å². The van der Waals surface area contributed by atoms with Gasteiger partial charge in [0.15, 0.2) is 0 Å². The lowest BCUT2D eigenvalue weighted by Gasteiger charge is -2.36. The molecule has 1 unspecified atom stereocenters. The van der Waals surface area contributed by atoms with Crippen molar-refractivity contribution in [1.29, 1.82) is 0 Å². The summed E-state index contributed by atoms with van der Waals surface area (Å²) in [4.78, 5) is 0. The molecule has 2 aromatic carbocycles. The molecule has 0 aromatic heterocycles. The van der Waals surface area contributed by atoms with Crippen molar-refractivity contribution in [3.8, 4) is 0 Å². The first kappa shape index (κ1) is 14.1. The average molecular weight is 275 g/mol. The standard InChI is InChI=1S/C17H21ClN/c1-14(16-9-11-17(18)12-10-16)19(2,3)13-15-7-5-4-6-8-15/h4-12,14H,13H2,1-3H3/q+1. The first-order valence-electron chi connectivity index (χ1n) is 6.61. The fourth-order valence-corrected chi connectivity index (χ4v) is 2.46. The third-order valence-electron chi connectivity index (χ3n) is 3.83. The molecule has 0 saturated carbocycles. The quantitative estimate of drug-likeness (QED) is 0.710. The molecule has 0 aliphatic heterocycles. The second-order valence-corrected chi connectivity index (χ2v) is 6.09. The highest BCUT2D eigenvalue weighted by Crippen LogP contribution is 2.27. The largest absolute Gasteiger partial charge is 0.319 e. The molecule has 2 rings (SSSR count). The van der Waals surface area contributed by atoms with Crippen molar-refractivity contribution in [3.05, 3.63) is 70.7 Å². The molecule has 0 heterocycles. The van der Waals surface area contributed by atoms with E-state index in [2.05, 4.69) is 63.5 Å². The van der Waals surface area contributed by atoms with E-state index in [0.29, 0.717) is 6.04 Å². The predicted molar refractivity (Wildman–Crippen MR) is 82.1 cm³/mol. The predicted octanol–water partition coefficient (Wildman–Crippen LogP) is 4.68. The van der Waals surface area contributed by atoms with Gasteiger partial charge in [0.25, 0.3) is 0 Å². The van der Waals surface area contributed by atoms with E-state index >= 15 is 0 Å². The van der Waals surface area contributed by atoms with Gasteiger partial charge in [0, 0.05) is 16.1 Å². The fourth-order valence-electron chi connectivity index (χ4n) is 2.34.